The molecule has 0 amide bonds. The molecule has 1 N–H and O–H groups in total. The summed E-state index contributed by atoms with van der Waals surface area (Å²) in [5, 5.41) is 3.78. The zero-order chi connectivity index (χ0) is 9.80. The van der Waals surface area contributed by atoms with E-state index in [-0.39, 0.29) is 0 Å². The van der Waals surface area contributed by atoms with Gasteiger partial charge in [-0.1, -0.05) is 11.6 Å². The summed E-state index contributed by atoms with van der Waals surface area (Å²) in [4.78, 5) is 3.91. The van der Waals surface area contributed by atoms with Gasteiger partial charge in [0.1, 0.15) is 17.0 Å². The first kappa shape index (κ1) is 9.74. The highest BCUT2D eigenvalue weighted by Gasteiger charge is 2.14. The molecular weight excluding hydrogens is 200 g/mol. The number of nitrogens with one attached hydrogen (secondary N) is 1. The summed E-state index contributed by atoms with van der Waals surface area (Å²) in [5.74, 6) is 0.817. The van der Waals surface area contributed by atoms with Crippen molar-refractivity contribution in [2.45, 2.75) is 18.9 Å². The van der Waals surface area contributed by atoms with E-state index < -0.39 is 0 Å². The topological polar surface area (TPSA) is 34.1 Å². The predicted octanol–water partition coefficient (Wildman–Crippen LogP) is 1.87. The van der Waals surface area contributed by atoms with Gasteiger partial charge in [-0.05, 0) is 32.0 Å². The zero-order valence-corrected chi connectivity index (χ0v) is 8.63. The van der Waals surface area contributed by atoms with E-state index in [9.17, 15) is 0 Å². The maximum Gasteiger partial charge on any atom is 0.132 e. The molecule has 1 saturated heterocycles. The van der Waals surface area contributed by atoms with E-state index in [0.717, 1.165) is 31.7 Å². The van der Waals surface area contributed by atoms with Crippen LogP contribution in [0.3, 0.4) is 0 Å². The van der Waals surface area contributed by atoms with Crippen molar-refractivity contribution in [3.63, 3.8) is 0 Å². The number of rotatable bonds is 2. The third kappa shape index (κ3) is 2.59. The summed E-state index contributed by atoms with van der Waals surface area (Å²) in [5.41, 5.74) is 0. The molecule has 1 aromatic rings. The predicted molar refractivity (Wildman–Crippen MR) is 55.8 cm³/mol. The zero-order valence-electron chi connectivity index (χ0n) is 7.87. The highest BCUT2D eigenvalue weighted by molar-refractivity contribution is 6.29. The minimum atomic E-state index is 0.315. The van der Waals surface area contributed by atoms with Crippen LogP contribution < -0.4 is 10.1 Å². The number of nitrogens with zero attached hydrogens (tertiary/aromatic N) is 1. The Labute approximate surface area is 88.4 Å². The van der Waals surface area contributed by atoms with Crippen LogP contribution in [0.1, 0.15) is 12.8 Å². The monoisotopic (exact) mass is 212 g/mol. The molecule has 0 saturated carbocycles. The molecule has 0 aliphatic carbocycles. The van der Waals surface area contributed by atoms with Crippen LogP contribution in [-0.2, 0) is 0 Å². The Hall–Kier alpha value is -0.800. The lowest BCUT2D eigenvalue weighted by Gasteiger charge is -2.23. The Balaban J connectivity index is 1.95. The van der Waals surface area contributed by atoms with Crippen molar-refractivity contribution >= 4 is 11.6 Å². The molecule has 0 aromatic carbocycles. The van der Waals surface area contributed by atoms with E-state index in [1.807, 2.05) is 6.07 Å². The second-order valence-electron chi connectivity index (χ2n) is 3.38. The third-order valence-corrected chi connectivity index (χ3v) is 2.49. The van der Waals surface area contributed by atoms with Gasteiger partial charge in [0.15, 0.2) is 0 Å². The van der Waals surface area contributed by atoms with Crippen LogP contribution in [0.15, 0.2) is 18.3 Å². The normalized spacial score (nSPS) is 18.1. The quantitative estimate of drug-likeness (QED) is 0.760. The lowest BCUT2D eigenvalue weighted by atomic mass is 10.1. The van der Waals surface area contributed by atoms with Gasteiger partial charge in [-0.2, -0.15) is 0 Å². The number of piperidine rings is 1. The first-order valence-corrected chi connectivity index (χ1v) is 5.21. The number of ether oxygens (including phenoxy) is 1. The smallest absolute Gasteiger partial charge is 0.132 e. The standard InChI is InChI=1S/C10H13ClN2O/c11-10-7-9(3-6-13-10)14-8-1-4-12-5-2-8/h3,6-8,12H,1-2,4-5H2. The van der Waals surface area contributed by atoms with Gasteiger partial charge in [0.2, 0.25) is 0 Å². The molecule has 0 unspecified atom stereocenters. The van der Waals surface area contributed by atoms with Crippen LogP contribution in [0, 0.1) is 0 Å². The average molecular weight is 213 g/mol. The number of halogens is 1. The highest BCUT2D eigenvalue weighted by Crippen LogP contribution is 2.18. The lowest BCUT2D eigenvalue weighted by Crippen LogP contribution is -2.34. The van der Waals surface area contributed by atoms with Crippen molar-refractivity contribution < 1.29 is 4.74 Å². The lowest BCUT2D eigenvalue weighted by molar-refractivity contribution is 0.162. The van der Waals surface area contributed by atoms with Gasteiger partial charge in [0, 0.05) is 12.3 Å². The molecule has 14 heavy (non-hydrogen) atoms. The molecule has 0 atom stereocenters. The minimum Gasteiger partial charge on any atom is -0.490 e. The largest absolute Gasteiger partial charge is 0.490 e. The molecule has 0 spiro atoms. The van der Waals surface area contributed by atoms with Gasteiger partial charge in [0.05, 0.1) is 0 Å². The minimum absolute atomic E-state index is 0.315. The summed E-state index contributed by atoms with van der Waals surface area (Å²) in [6.45, 7) is 2.06. The van der Waals surface area contributed by atoms with Crippen LogP contribution in [0.5, 0.6) is 5.75 Å². The summed E-state index contributed by atoms with van der Waals surface area (Å²) >= 11 is 5.76. The average Bonchev–Trinajstić information content (AvgIpc) is 2.19. The summed E-state index contributed by atoms with van der Waals surface area (Å²) < 4.78 is 5.77. The van der Waals surface area contributed by atoms with Crippen LogP contribution >= 0.6 is 11.6 Å². The fraction of sp³-hybridized carbons (Fsp3) is 0.500. The number of hydrogen-bond donors (Lipinski definition) is 1. The Bertz CT molecular complexity index is 300. The van der Waals surface area contributed by atoms with Crippen molar-refractivity contribution in [1.82, 2.24) is 10.3 Å². The molecule has 1 aromatic heterocycles. The Morgan fingerprint density at radius 3 is 2.93 bits per heavy atom. The maximum atomic E-state index is 5.77. The second kappa shape index (κ2) is 4.62. The molecular formula is C10H13ClN2O. The molecule has 2 heterocycles. The van der Waals surface area contributed by atoms with Crippen molar-refractivity contribution in [1.29, 1.82) is 0 Å². The second-order valence-corrected chi connectivity index (χ2v) is 3.77. The van der Waals surface area contributed by atoms with Gasteiger partial charge >= 0.3 is 0 Å². The van der Waals surface area contributed by atoms with E-state index in [1.165, 1.54) is 0 Å². The molecule has 4 heteroatoms. The van der Waals surface area contributed by atoms with Crippen molar-refractivity contribution in [3.8, 4) is 5.75 Å². The van der Waals surface area contributed by atoms with Gasteiger partial charge in [-0.3, -0.25) is 0 Å². The van der Waals surface area contributed by atoms with Gasteiger partial charge in [0.25, 0.3) is 0 Å². The van der Waals surface area contributed by atoms with E-state index in [0.29, 0.717) is 11.3 Å². The SMILES string of the molecule is Clc1cc(OC2CCNCC2)ccn1. The molecule has 76 valence electrons. The van der Waals surface area contributed by atoms with Crippen molar-refractivity contribution in [3.05, 3.63) is 23.5 Å². The molecule has 1 aliphatic heterocycles. The van der Waals surface area contributed by atoms with E-state index in [2.05, 4.69) is 10.3 Å². The maximum absolute atomic E-state index is 5.77. The van der Waals surface area contributed by atoms with Gasteiger partial charge < -0.3 is 10.1 Å². The first-order valence-electron chi connectivity index (χ1n) is 4.83. The molecule has 0 radical (unpaired) electrons. The molecule has 1 fully saturated rings. The summed E-state index contributed by atoms with van der Waals surface area (Å²) in [7, 11) is 0. The Morgan fingerprint density at radius 2 is 2.21 bits per heavy atom. The van der Waals surface area contributed by atoms with E-state index in [4.69, 9.17) is 16.3 Å². The van der Waals surface area contributed by atoms with E-state index in [1.54, 1.807) is 12.3 Å². The molecule has 1 aliphatic rings. The fourth-order valence-electron chi connectivity index (χ4n) is 1.56. The van der Waals surface area contributed by atoms with Crippen LogP contribution in [0.2, 0.25) is 5.15 Å². The van der Waals surface area contributed by atoms with Crippen LogP contribution in [-0.4, -0.2) is 24.2 Å². The molecule has 3 nitrogen and oxygen atoms in total. The number of pyridine rings is 1. The number of aromatic nitrogens is 1. The Kier molecular flexibility index (Phi) is 3.22. The first-order chi connectivity index (χ1) is 6.84. The third-order valence-electron chi connectivity index (χ3n) is 2.29. The summed E-state index contributed by atoms with van der Waals surface area (Å²) in [6, 6.07) is 3.59. The van der Waals surface area contributed by atoms with Crippen molar-refractivity contribution in [2.24, 2.45) is 0 Å². The van der Waals surface area contributed by atoms with Gasteiger partial charge in [-0.15, -0.1) is 0 Å². The van der Waals surface area contributed by atoms with Crippen LogP contribution in [0.4, 0.5) is 0 Å². The van der Waals surface area contributed by atoms with Gasteiger partial charge in [-0.25, -0.2) is 4.98 Å². The number of hydrogen-bond acceptors (Lipinski definition) is 3. The highest BCUT2D eigenvalue weighted by atomic mass is 35.5. The molecule has 0 bridgehead atoms. The van der Waals surface area contributed by atoms with E-state index >= 15 is 0 Å². The summed E-state index contributed by atoms with van der Waals surface area (Å²) in [6.07, 6.45) is 4.09. The fourth-order valence-corrected chi connectivity index (χ4v) is 1.73. The molecule has 2 rings (SSSR count). The van der Waals surface area contributed by atoms with Crippen molar-refractivity contribution in [2.75, 3.05) is 13.1 Å². The Morgan fingerprint density at radius 1 is 1.43 bits per heavy atom. The van der Waals surface area contributed by atoms with Crippen LogP contribution in [0.25, 0.3) is 0 Å².